The van der Waals surface area contributed by atoms with Gasteiger partial charge in [-0.2, -0.15) is 18.3 Å². The van der Waals surface area contributed by atoms with Crippen molar-refractivity contribution in [2.24, 2.45) is 5.10 Å². The number of carbonyl (C=O) groups is 2. The van der Waals surface area contributed by atoms with Crippen LogP contribution in [0.25, 0.3) is 0 Å². The Morgan fingerprint density at radius 1 is 1.07 bits per heavy atom. The number of hydrazone groups is 1. The molecule has 1 aliphatic heterocycles. The zero-order valence-electron chi connectivity index (χ0n) is 22.1. The van der Waals surface area contributed by atoms with Crippen LogP contribution in [0.4, 0.5) is 13.2 Å². The van der Waals surface area contributed by atoms with E-state index in [4.69, 9.17) is 14.2 Å². The van der Waals surface area contributed by atoms with Crippen LogP contribution in [0.1, 0.15) is 38.8 Å². The maximum atomic E-state index is 13.8. The van der Waals surface area contributed by atoms with Crippen LogP contribution in [0.3, 0.4) is 0 Å². The molecule has 0 spiro atoms. The monoisotopic (exact) mass is 575 g/mol. The maximum absolute atomic E-state index is 13.8. The first-order chi connectivity index (χ1) is 19.2. The number of ether oxygens (including phenoxy) is 3. The standard InChI is InChI=1S/C28H28F3N3O5S/c1-37-13-12-33(27(36)18-6-8-19(9-7-18)28(29,30)31)17-26(35)34-23(16-22(32-34)25-5-4-14-40-25)21-15-20(38-2)10-11-24(21)39-3/h4-11,14-15,23H,12-13,16-17H2,1-3H3. The number of amides is 2. The molecule has 2 aromatic carbocycles. The lowest BCUT2D eigenvalue weighted by Crippen LogP contribution is -2.42. The number of methoxy groups -OCH3 is 3. The lowest BCUT2D eigenvalue weighted by Gasteiger charge is -2.28. The van der Waals surface area contributed by atoms with E-state index in [1.54, 1.807) is 18.2 Å². The van der Waals surface area contributed by atoms with Crippen LogP contribution in [0.2, 0.25) is 0 Å². The van der Waals surface area contributed by atoms with E-state index in [1.807, 2.05) is 17.5 Å². The first kappa shape index (κ1) is 29.1. The summed E-state index contributed by atoms with van der Waals surface area (Å²) in [5.74, 6) is 0.0457. The minimum atomic E-state index is -4.53. The highest BCUT2D eigenvalue weighted by atomic mass is 32.1. The highest BCUT2D eigenvalue weighted by molar-refractivity contribution is 7.12. The van der Waals surface area contributed by atoms with Crippen molar-refractivity contribution in [2.75, 3.05) is 41.0 Å². The molecule has 1 unspecified atom stereocenters. The second-order valence-electron chi connectivity index (χ2n) is 8.88. The molecule has 4 rings (SSSR count). The summed E-state index contributed by atoms with van der Waals surface area (Å²) >= 11 is 1.49. The van der Waals surface area contributed by atoms with Gasteiger partial charge in [0, 0.05) is 31.2 Å². The molecular weight excluding hydrogens is 547 g/mol. The summed E-state index contributed by atoms with van der Waals surface area (Å²) in [6.07, 6.45) is -4.13. The van der Waals surface area contributed by atoms with Gasteiger partial charge in [0.15, 0.2) is 0 Å². The van der Waals surface area contributed by atoms with Crippen molar-refractivity contribution < 1.29 is 37.0 Å². The SMILES string of the molecule is COCCN(CC(=O)N1N=C(c2cccs2)CC1c1cc(OC)ccc1OC)C(=O)c1ccc(C(F)(F)F)cc1. The Hall–Kier alpha value is -3.90. The summed E-state index contributed by atoms with van der Waals surface area (Å²) in [6, 6.07) is 12.4. The molecule has 0 saturated heterocycles. The molecule has 1 atom stereocenters. The fourth-order valence-electron chi connectivity index (χ4n) is 4.35. The van der Waals surface area contributed by atoms with Gasteiger partial charge >= 0.3 is 6.18 Å². The van der Waals surface area contributed by atoms with Crippen LogP contribution in [-0.2, 0) is 15.7 Å². The molecule has 2 heterocycles. The van der Waals surface area contributed by atoms with Crippen LogP contribution in [0, 0.1) is 0 Å². The predicted octanol–water partition coefficient (Wildman–Crippen LogP) is 5.25. The summed E-state index contributed by atoms with van der Waals surface area (Å²) in [4.78, 5) is 29.2. The molecule has 0 radical (unpaired) electrons. The summed E-state index contributed by atoms with van der Waals surface area (Å²) in [5, 5.41) is 7.90. The number of alkyl halides is 3. The fraction of sp³-hybridized carbons (Fsp3) is 0.321. The molecule has 0 fully saturated rings. The summed E-state index contributed by atoms with van der Waals surface area (Å²) in [5.41, 5.74) is 0.539. The number of hydrogen-bond donors (Lipinski definition) is 0. The molecule has 1 aliphatic rings. The Bertz CT molecular complexity index is 1360. The average Bonchev–Trinajstić information content (AvgIpc) is 3.65. The third kappa shape index (κ3) is 6.45. The van der Waals surface area contributed by atoms with Gasteiger partial charge in [-0.05, 0) is 53.9 Å². The maximum Gasteiger partial charge on any atom is 0.416 e. The number of carbonyl (C=O) groups excluding carboxylic acids is 2. The predicted molar refractivity (Wildman–Crippen MR) is 144 cm³/mol. The van der Waals surface area contributed by atoms with Crippen LogP contribution in [-0.4, -0.2) is 68.5 Å². The van der Waals surface area contributed by atoms with Gasteiger partial charge in [0.2, 0.25) is 0 Å². The van der Waals surface area contributed by atoms with E-state index in [2.05, 4.69) is 5.10 Å². The van der Waals surface area contributed by atoms with Gasteiger partial charge in [0.25, 0.3) is 11.8 Å². The molecular formula is C28H28F3N3O5S. The van der Waals surface area contributed by atoms with Gasteiger partial charge in [-0.25, -0.2) is 5.01 Å². The Morgan fingerprint density at radius 2 is 1.82 bits per heavy atom. The Morgan fingerprint density at radius 3 is 2.42 bits per heavy atom. The molecule has 0 bridgehead atoms. The second-order valence-corrected chi connectivity index (χ2v) is 9.83. The molecule has 2 amide bonds. The molecule has 0 N–H and O–H groups in total. The van der Waals surface area contributed by atoms with Gasteiger partial charge in [-0.15, -0.1) is 11.3 Å². The zero-order valence-corrected chi connectivity index (χ0v) is 22.9. The summed E-state index contributed by atoms with van der Waals surface area (Å²) in [6.45, 7) is -0.200. The highest BCUT2D eigenvalue weighted by Crippen LogP contribution is 2.40. The third-order valence-electron chi connectivity index (χ3n) is 6.41. The smallest absolute Gasteiger partial charge is 0.416 e. The van der Waals surface area contributed by atoms with Gasteiger partial charge in [-0.1, -0.05) is 6.07 Å². The largest absolute Gasteiger partial charge is 0.497 e. The number of thiophene rings is 1. The number of benzene rings is 2. The zero-order chi connectivity index (χ0) is 28.9. The van der Waals surface area contributed by atoms with Crippen LogP contribution < -0.4 is 9.47 Å². The first-order valence-corrected chi connectivity index (χ1v) is 13.1. The van der Waals surface area contributed by atoms with Crippen LogP contribution in [0.5, 0.6) is 11.5 Å². The number of nitrogens with zero attached hydrogens (tertiary/aromatic N) is 3. The lowest BCUT2D eigenvalue weighted by molar-refractivity contribution is -0.137. The molecule has 0 saturated carbocycles. The van der Waals surface area contributed by atoms with Crippen molar-refractivity contribution in [2.45, 2.75) is 18.6 Å². The summed E-state index contributed by atoms with van der Waals surface area (Å²) in [7, 11) is 4.52. The van der Waals surface area contributed by atoms with E-state index in [0.29, 0.717) is 29.2 Å². The number of hydrogen-bond acceptors (Lipinski definition) is 7. The van der Waals surface area contributed by atoms with Gasteiger partial charge < -0.3 is 19.1 Å². The Kier molecular flexibility index (Phi) is 9.10. The van der Waals surface area contributed by atoms with Crippen molar-refractivity contribution in [3.05, 3.63) is 81.5 Å². The van der Waals surface area contributed by atoms with E-state index in [1.165, 1.54) is 42.6 Å². The Balaban J connectivity index is 1.64. The normalized spacial score (nSPS) is 15.1. The van der Waals surface area contributed by atoms with Crippen molar-refractivity contribution in [1.82, 2.24) is 9.91 Å². The van der Waals surface area contributed by atoms with E-state index >= 15 is 0 Å². The van der Waals surface area contributed by atoms with Crippen molar-refractivity contribution in [3.8, 4) is 11.5 Å². The first-order valence-electron chi connectivity index (χ1n) is 12.3. The molecule has 3 aromatic rings. The van der Waals surface area contributed by atoms with Crippen molar-refractivity contribution in [3.63, 3.8) is 0 Å². The van der Waals surface area contributed by atoms with Crippen molar-refractivity contribution >= 4 is 28.9 Å². The molecule has 8 nitrogen and oxygen atoms in total. The van der Waals surface area contributed by atoms with E-state index < -0.39 is 29.6 Å². The quantitative estimate of drug-likeness (QED) is 0.330. The van der Waals surface area contributed by atoms with E-state index in [-0.39, 0.29) is 25.3 Å². The van der Waals surface area contributed by atoms with Gasteiger partial charge in [0.1, 0.15) is 18.0 Å². The second kappa shape index (κ2) is 12.5. The van der Waals surface area contributed by atoms with Gasteiger partial charge in [0.05, 0.1) is 43.0 Å². The van der Waals surface area contributed by atoms with Crippen LogP contribution >= 0.6 is 11.3 Å². The fourth-order valence-corrected chi connectivity index (χ4v) is 5.07. The Labute approximate surface area is 233 Å². The van der Waals surface area contributed by atoms with Crippen molar-refractivity contribution in [1.29, 1.82) is 0 Å². The molecule has 40 heavy (non-hydrogen) atoms. The highest BCUT2D eigenvalue weighted by Gasteiger charge is 2.37. The average molecular weight is 576 g/mol. The summed E-state index contributed by atoms with van der Waals surface area (Å²) < 4.78 is 55.1. The molecule has 212 valence electrons. The number of halogens is 3. The molecule has 12 heteroatoms. The van der Waals surface area contributed by atoms with E-state index in [0.717, 1.165) is 29.1 Å². The minimum Gasteiger partial charge on any atom is -0.497 e. The minimum absolute atomic E-state index is 0.0205. The molecule has 1 aromatic heterocycles. The molecule has 0 aliphatic carbocycles. The lowest BCUT2D eigenvalue weighted by atomic mass is 9.99. The third-order valence-corrected chi connectivity index (χ3v) is 7.32. The number of rotatable bonds is 10. The van der Waals surface area contributed by atoms with E-state index in [9.17, 15) is 22.8 Å². The van der Waals surface area contributed by atoms with Gasteiger partial charge in [-0.3, -0.25) is 9.59 Å². The van der Waals surface area contributed by atoms with Crippen LogP contribution in [0.15, 0.2) is 65.1 Å². The topological polar surface area (TPSA) is 80.7 Å².